The lowest BCUT2D eigenvalue weighted by atomic mass is 10.1. The minimum Gasteiger partial charge on any atom is -0.297 e. The van der Waals surface area contributed by atoms with Crippen molar-refractivity contribution in [3.63, 3.8) is 0 Å². The van der Waals surface area contributed by atoms with E-state index >= 15 is 0 Å². The first-order chi connectivity index (χ1) is 5.29. The molecular formula is C9H7NO. The summed E-state index contributed by atoms with van der Waals surface area (Å²) in [5.74, 6) is -0.0637. The minimum atomic E-state index is -0.0637. The zero-order valence-corrected chi connectivity index (χ0v) is 5.92. The van der Waals surface area contributed by atoms with E-state index in [9.17, 15) is 4.79 Å². The van der Waals surface area contributed by atoms with Crippen LogP contribution in [0.15, 0.2) is 24.3 Å². The Bertz CT molecular complexity index is 341. The number of ketones is 1. The summed E-state index contributed by atoms with van der Waals surface area (Å²) in [5.41, 5.74) is 1.96. The highest BCUT2D eigenvalue weighted by Gasteiger charge is 2.23. The molecule has 0 unspecified atom stereocenters. The van der Waals surface area contributed by atoms with Gasteiger partial charge in [0.25, 0.3) is 0 Å². The SMILES string of the molecule is N=C1C(=O)Cc2ccccc21. The standard InChI is InChI=1S/C9H7NO/c10-9-7-4-2-1-3-6(7)5-8(9)11/h1-4,10H,5H2. The molecule has 0 aromatic heterocycles. The van der Waals surface area contributed by atoms with E-state index in [1.807, 2.05) is 24.3 Å². The summed E-state index contributed by atoms with van der Waals surface area (Å²) in [7, 11) is 0. The monoisotopic (exact) mass is 145 g/mol. The number of Topliss-reactive ketones (excluding diaryl/α,β-unsaturated/α-hetero) is 1. The lowest BCUT2D eigenvalue weighted by molar-refractivity contribution is -0.112. The van der Waals surface area contributed by atoms with Crippen molar-refractivity contribution in [1.82, 2.24) is 0 Å². The second-order valence-electron chi connectivity index (χ2n) is 2.63. The Kier molecular flexibility index (Phi) is 1.15. The number of rotatable bonds is 0. The number of fused-ring (bicyclic) bond motifs is 1. The van der Waals surface area contributed by atoms with E-state index in [0.717, 1.165) is 11.1 Å². The molecule has 1 aliphatic carbocycles. The maximum absolute atomic E-state index is 11.0. The summed E-state index contributed by atoms with van der Waals surface area (Å²) < 4.78 is 0. The van der Waals surface area contributed by atoms with Crippen molar-refractivity contribution >= 4 is 11.5 Å². The zero-order chi connectivity index (χ0) is 7.84. The summed E-state index contributed by atoms with van der Waals surface area (Å²) in [6, 6.07) is 7.47. The van der Waals surface area contributed by atoms with Crippen molar-refractivity contribution in [2.75, 3.05) is 0 Å². The Morgan fingerprint density at radius 1 is 1.27 bits per heavy atom. The molecule has 0 amide bonds. The van der Waals surface area contributed by atoms with Crippen molar-refractivity contribution < 1.29 is 4.79 Å². The predicted molar refractivity (Wildman–Crippen MR) is 42.0 cm³/mol. The van der Waals surface area contributed by atoms with Gasteiger partial charge in [-0.15, -0.1) is 0 Å². The fourth-order valence-corrected chi connectivity index (χ4v) is 1.33. The molecule has 0 heterocycles. The summed E-state index contributed by atoms with van der Waals surface area (Å²) >= 11 is 0. The maximum Gasteiger partial charge on any atom is 0.185 e. The van der Waals surface area contributed by atoms with Crippen LogP contribution in [-0.4, -0.2) is 11.5 Å². The van der Waals surface area contributed by atoms with Crippen LogP contribution in [-0.2, 0) is 11.2 Å². The summed E-state index contributed by atoms with van der Waals surface area (Å²) in [4.78, 5) is 11.0. The molecule has 1 N–H and O–H groups in total. The highest BCUT2D eigenvalue weighted by atomic mass is 16.1. The van der Waals surface area contributed by atoms with E-state index in [2.05, 4.69) is 0 Å². The van der Waals surface area contributed by atoms with E-state index in [0.29, 0.717) is 6.42 Å². The molecule has 1 aliphatic rings. The second kappa shape index (κ2) is 2.02. The number of hydrogen-bond acceptors (Lipinski definition) is 2. The van der Waals surface area contributed by atoms with Crippen molar-refractivity contribution in [2.24, 2.45) is 0 Å². The fourth-order valence-electron chi connectivity index (χ4n) is 1.33. The lowest BCUT2D eigenvalue weighted by Gasteiger charge is -1.92. The molecule has 0 bridgehead atoms. The highest BCUT2D eigenvalue weighted by Crippen LogP contribution is 2.18. The normalized spacial score (nSPS) is 15.3. The number of benzene rings is 1. The second-order valence-corrected chi connectivity index (χ2v) is 2.63. The first-order valence-corrected chi connectivity index (χ1v) is 3.49. The van der Waals surface area contributed by atoms with E-state index in [1.54, 1.807) is 0 Å². The molecule has 11 heavy (non-hydrogen) atoms. The Labute approximate surface area is 64.4 Å². The van der Waals surface area contributed by atoms with E-state index in [4.69, 9.17) is 5.41 Å². The van der Waals surface area contributed by atoms with Gasteiger partial charge in [-0.05, 0) is 5.56 Å². The topological polar surface area (TPSA) is 40.9 Å². The van der Waals surface area contributed by atoms with Gasteiger partial charge in [0.1, 0.15) is 5.71 Å². The number of hydrogen-bond donors (Lipinski definition) is 1. The Morgan fingerprint density at radius 2 is 2.00 bits per heavy atom. The fraction of sp³-hybridized carbons (Fsp3) is 0.111. The van der Waals surface area contributed by atoms with Gasteiger partial charge in [-0.3, -0.25) is 10.2 Å². The van der Waals surface area contributed by atoms with Crippen LogP contribution in [0.25, 0.3) is 0 Å². The molecular weight excluding hydrogens is 138 g/mol. The van der Waals surface area contributed by atoms with Crippen molar-refractivity contribution in [2.45, 2.75) is 6.42 Å². The molecule has 0 atom stereocenters. The molecule has 2 heteroatoms. The lowest BCUT2D eigenvalue weighted by Crippen LogP contribution is -2.05. The van der Waals surface area contributed by atoms with Crippen LogP contribution < -0.4 is 0 Å². The molecule has 0 saturated carbocycles. The van der Waals surface area contributed by atoms with Gasteiger partial charge in [-0.1, -0.05) is 24.3 Å². The molecule has 2 nitrogen and oxygen atoms in total. The third-order valence-electron chi connectivity index (χ3n) is 1.92. The average Bonchev–Trinajstić information content (AvgIpc) is 2.30. The Hall–Kier alpha value is -1.44. The van der Waals surface area contributed by atoms with Crippen LogP contribution in [0.5, 0.6) is 0 Å². The molecule has 0 radical (unpaired) electrons. The van der Waals surface area contributed by atoms with E-state index in [-0.39, 0.29) is 11.5 Å². The van der Waals surface area contributed by atoms with Crippen LogP contribution in [0.4, 0.5) is 0 Å². The summed E-state index contributed by atoms with van der Waals surface area (Å²) in [6.45, 7) is 0. The molecule has 1 aromatic rings. The van der Waals surface area contributed by atoms with Gasteiger partial charge < -0.3 is 0 Å². The van der Waals surface area contributed by atoms with Gasteiger partial charge in [0.05, 0.1) is 0 Å². The molecule has 0 fully saturated rings. The van der Waals surface area contributed by atoms with Crippen LogP contribution in [0.2, 0.25) is 0 Å². The van der Waals surface area contributed by atoms with E-state index < -0.39 is 0 Å². The molecule has 54 valence electrons. The largest absolute Gasteiger partial charge is 0.297 e. The quantitative estimate of drug-likeness (QED) is 0.585. The number of carbonyl (C=O) groups excluding carboxylic acids is 1. The predicted octanol–water partition coefficient (Wildman–Crippen LogP) is 1.18. The van der Waals surface area contributed by atoms with Crippen LogP contribution in [0.3, 0.4) is 0 Å². The smallest absolute Gasteiger partial charge is 0.185 e. The average molecular weight is 145 g/mol. The van der Waals surface area contributed by atoms with Crippen molar-refractivity contribution in [3.8, 4) is 0 Å². The van der Waals surface area contributed by atoms with Gasteiger partial charge in [0.2, 0.25) is 0 Å². The van der Waals surface area contributed by atoms with Crippen LogP contribution >= 0.6 is 0 Å². The Morgan fingerprint density at radius 3 is 2.73 bits per heavy atom. The van der Waals surface area contributed by atoms with Gasteiger partial charge in [0.15, 0.2) is 5.78 Å². The summed E-state index contributed by atoms with van der Waals surface area (Å²) in [5, 5.41) is 7.39. The van der Waals surface area contributed by atoms with Gasteiger partial charge in [-0.2, -0.15) is 0 Å². The number of nitrogens with one attached hydrogen (secondary N) is 1. The van der Waals surface area contributed by atoms with E-state index in [1.165, 1.54) is 0 Å². The number of carbonyl (C=O) groups is 1. The maximum atomic E-state index is 11.0. The molecule has 1 aromatic carbocycles. The molecule has 0 saturated heterocycles. The highest BCUT2D eigenvalue weighted by molar-refractivity contribution is 6.48. The van der Waals surface area contributed by atoms with Gasteiger partial charge in [0, 0.05) is 12.0 Å². The van der Waals surface area contributed by atoms with Gasteiger partial charge in [-0.25, -0.2) is 0 Å². The third kappa shape index (κ3) is 0.792. The molecule has 2 rings (SSSR count). The van der Waals surface area contributed by atoms with Crippen molar-refractivity contribution in [3.05, 3.63) is 35.4 Å². The summed E-state index contributed by atoms with van der Waals surface area (Å²) in [6.07, 6.45) is 0.412. The Balaban J connectivity index is 2.64. The van der Waals surface area contributed by atoms with Crippen LogP contribution in [0.1, 0.15) is 11.1 Å². The van der Waals surface area contributed by atoms with Crippen LogP contribution in [0, 0.1) is 5.41 Å². The van der Waals surface area contributed by atoms with Crippen molar-refractivity contribution in [1.29, 1.82) is 5.41 Å². The third-order valence-corrected chi connectivity index (χ3v) is 1.92. The first kappa shape index (κ1) is 6.28. The minimum absolute atomic E-state index is 0.0637. The van der Waals surface area contributed by atoms with Gasteiger partial charge >= 0.3 is 0 Å². The molecule has 0 aliphatic heterocycles. The zero-order valence-electron chi connectivity index (χ0n) is 5.92. The molecule has 0 spiro atoms. The first-order valence-electron chi connectivity index (χ1n) is 3.49.